The Morgan fingerprint density at radius 1 is 1.10 bits per heavy atom. The molecule has 9 nitrogen and oxygen atoms in total. The fraction of sp³-hybridized carbons (Fsp3) is 0.350. The number of furan rings is 1. The predicted octanol–water partition coefficient (Wildman–Crippen LogP) is 1.99. The minimum atomic E-state index is -0.499. The van der Waals surface area contributed by atoms with Crippen LogP contribution in [0.15, 0.2) is 52.1 Å². The molecule has 0 atom stereocenters. The summed E-state index contributed by atoms with van der Waals surface area (Å²) in [5, 5.41) is 5.96. The third-order valence-electron chi connectivity index (χ3n) is 4.65. The van der Waals surface area contributed by atoms with Gasteiger partial charge < -0.3 is 24.3 Å². The van der Waals surface area contributed by atoms with E-state index in [1.807, 2.05) is 24.3 Å². The number of nitrogens with zero attached hydrogens (tertiary/aromatic N) is 3. The van der Waals surface area contributed by atoms with E-state index < -0.39 is 6.09 Å². The molecule has 0 saturated carbocycles. The van der Waals surface area contributed by atoms with Gasteiger partial charge in [-0.3, -0.25) is 15.1 Å². The first-order valence-corrected chi connectivity index (χ1v) is 9.33. The molecule has 2 amide bonds. The van der Waals surface area contributed by atoms with Crippen molar-refractivity contribution in [1.29, 1.82) is 0 Å². The van der Waals surface area contributed by atoms with Crippen molar-refractivity contribution < 1.29 is 18.7 Å². The highest BCUT2D eigenvalue weighted by Gasteiger charge is 2.25. The number of guanidine groups is 1. The lowest BCUT2D eigenvalue weighted by Crippen LogP contribution is -2.53. The summed E-state index contributed by atoms with van der Waals surface area (Å²) < 4.78 is 9.77. The van der Waals surface area contributed by atoms with Crippen LogP contribution in [0.25, 0.3) is 0 Å². The molecule has 154 valence electrons. The highest BCUT2D eigenvalue weighted by Crippen LogP contribution is 2.11. The third-order valence-corrected chi connectivity index (χ3v) is 4.65. The molecule has 0 bridgehead atoms. The number of nitrogens with one attached hydrogen (secondary N) is 2. The molecule has 29 heavy (non-hydrogen) atoms. The number of aliphatic imine (C=N–C) groups is 1. The lowest BCUT2D eigenvalue weighted by molar-refractivity contribution is 0.0657. The Morgan fingerprint density at radius 2 is 1.79 bits per heavy atom. The molecule has 2 N–H and O–H groups in total. The molecule has 0 spiro atoms. The lowest BCUT2D eigenvalue weighted by atomic mass is 10.2. The number of ether oxygens (including phenoxy) is 1. The largest absolute Gasteiger partial charge is 0.459 e. The van der Waals surface area contributed by atoms with Crippen LogP contribution in [-0.2, 0) is 11.3 Å². The van der Waals surface area contributed by atoms with Crippen molar-refractivity contribution in [3.8, 4) is 0 Å². The summed E-state index contributed by atoms with van der Waals surface area (Å²) in [4.78, 5) is 31.9. The number of carbonyl (C=O) groups excluding carboxylic acids is 2. The number of methoxy groups -OCH3 is 1. The third kappa shape index (κ3) is 5.28. The topological polar surface area (TPSA) is 99.4 Å². The van der Waals surface area contributed by atoms with Gasteiger partial charge in [0.1, 0.15) is 0 Å². The lowest BCUT2D eigenvalue weighted by Gasteiger charge is -2.36. The summed E-state index contributed by atoms with van der Waals surface area (Å²) in [6.07, 6.45) is 1.01. The Balaban J connectivity index is 1.48. The van der Waals surface area contributed by atoms with Gasteiger partial charge in [0, 0.05) is 45.5 Å². The minimum Gasteiger partial charge on any atom is -0.459 e. The van der Waals surface area contributed by atoms with Crippen molar-refractivity contribution in [2.75, 3.05) is 45.7 Å². The number of anilines is 1. The fourth-order valence-corrected chi connectivity index (χ4v) is 3.07. The van der Waals surface area contributed by atoms with Gasteiger partial charge in [-0.25, -0.2) is 4.79 Å². The summed E-state index contributed by atoms with van der Waals surface area (Å²) in [5.41, 5.74) is 1.72. The van der Waals surface area contributed by atoms with Crippen molar-refractivity contribution in [2.24, 2.45) is 4.99 Å². The molecule has 9 heteroatoms. The summed E-state index contributed by atoms with van der Waals surface area (Å²) in [6, 6.07) is 10.9. The summed E-state index contributed by atoms with van der Waals surface area (Å²) >= 11 is 0. The van der Waals surface area contributed by atoms with Gasteiger partial charge in [-0.15, -0.1) is 0 Å². The van der Waals surface area contributed by atoms with Gasteiger partial charge >= 0.3 is 6.09 Å². The van der Waals surface area contributed by atoms with Gasteiger partial charge in [0.05, 0.1) is 13.4 Å². The average molecular weight is 399 g/mol. The maximum absolute atomic E-state index is 12.4. The smallest absolute Gasteiger partial charge is 0.411 e. The van der Waals surface area contributed by atoms with Gasteiger partial charge in [-0.05, 0) is 29.8 Å². The number of rotatable bonds is 4. The summed E-state index contributed by atoms with van der Waals surface area (Å²) in [6.45, 7) is 3.18. The fourth-order valence-electron chi connectivity index (χ4n) is 3.07. The molecule has 1 fully saturated rings. The van der Waals surface area contributed by atoms with E-state index >= 15 is 0 Å². The molecular formula is C20H25N5O4. The van der Waals surface area contributed by atoms with Gasteiger partial charge in [0.2, 0.25) is 0 Å². The van der Waals surface area contributed by atoms with Gasteiger partial charge in [0.15, 0.2) is 11.7 Å². The zero-order chi connectivity index (χ0) is 20.6. The Kier molecular flexibility index (Phi) is 6.72. The zero-order valence-corrected chi connectivity index (χ0v) is 16.6. The molecule has 2 heterocycles. The maximum Gasteiger partial charge on any atom is 0.411 e. The highest BCUT2D eigenvalue weighted by molar-refractivity contribution is 5.91. The van der Waals surface area contributed by atoms with E-state index in [1.54, 1.807) is 24.1 Å². The van der Waals surface area contributed by atoms with Crippen molar-refractivity contribution in [1.82, 2.24) is 15.1 Å². The molecule has 1 aliphatic heterocycles. The van der Waals surface area contributed by atoms with Crippen molar-refractivity contribution >= 4 is 23.6 Å². The van der Waals surface area contributed by atoms with Gasteiger partial charge in [0.25, 0.3) is 5.91 Å². The summed E-state index contributed by atoms with van der Waals surface area (Å²) in [7, 11) is 3.07. The van der Waals surface area contributed by atoms with E-state index in [1.165, 1.54) is 13.4 Å². The second kappa shape index (κ2) is 9.63. The predicted molar refractivity (Wildman–Crippen MR) is 109 cm³/mol. The Labute approximate surface area is 169 Å². The number of carbonyl (C=O) groups is 2. The van der Waals surface area contributed by atoms with Crippen molar-refractivity contribution in [3.05, 3.63) is 54.0 Å². The minimum absolute atomic E-state index is 0.0850. The zero-order valence-electron chi connectivity index (χ0n) is 16.6. The quantitative estimate of drug-likeness (QED) is 0.603. The molecule has 2 aromatic rings. The molecule has 1 saturated heterocycles. The van der Waals surface area contributed by atoms with Crippen LogP contribution in [0, 0.1) is 0 Å². The number of hydrogen-bond donors (Lipinski definition) is 2. The molecule has 1 aromatic carbocycles. The van der Waals surface area contributed by atoms with Crippen molar-refractivity contribution in [2.45, 2.75) is 6.54 Å². The second-order valence-electron chi connectivity index (χ2n) is 6.47. The van der Waals surface area contributed by atoms with Crippen LogP contribution in [0.1, 0.15) is 16.1 Å². The number of hydrogen-bond acceptors (Lipinski definition) is 5. The number of benzene rings is 1. The Bertz CT molecular complexity index is 840. The average Bonchev–Trinajstić information content (AvgIpc) is 3.30. The Morgan fingerprint density at radius 3 is 2.38 bits per heavy atom. The van der Waals surface area contributed by atoms with Crippen LogP contribution in [0.4, 0.5) is 10.5 Å². The molecular weight excluding hydrogens is 374 g/mol. The highest BCUT2D eigenvalue weighted by atomic mass is 16.5. The van der Waals surface area contributed by atoms with E-state index in [-0.39, 0.29) is 5.91 Å². The van der Waals surface area contributed by atoms with Crippen LogP contribution < -0.4 is 10.6 Å². The second-order valence-corrected chi connectivity index (χ2v) is 6.47. The maximum atomic E-state index is 12.4. The summed E-state index contributed by atoms with van der Waals surface area (Å²) in [5.74, 6) is 1.07. The number of piperazine rings is 1. The first-order valence-electron chi connectivity index (χ1n) is 9.33. The molecule has 0 radical (unpaired) electrons. The molecule has 0 aliphatic carbocycles. The van der Waals surface area contributed by atoms with Crippen LogP contribution in [-0.4, -0.2) is 68.1 Å². The van der Waals surface area contributed by atoms with Gasteiger partial charge in [-0.2, -0.15) is 0 Å². The first-order chi connectivity index (χ1) is 14.1. The van der Waals surface area contributed by atoms with E-state index in [0.717, 1.165) is 11.5 Å². The van der Waals surface area contributed by atoms with Crippen LogP contribution in [0.5, 0.6) is 0 Å². The Hall–Kier alpha value is -3.49. The first kappa shape index (κ1) is 20.2. The molecule has 1 aliphatic rings. The van der Waals surface area contributed by atoms with Crippen LogP contribution in [0.2, 0.25) is 0 Å². The van der Waals surface area contributed by atoms with E-state index in [4.69, 9.17) is 4.42 Å². The molecule has 0 unspecified atom stereocenters. The molecule has 1 aromatic heterocycles. The van der Waals surface area contributed by atoms with E-state index in [2.05, 4.69) is 25.3 Å². The van der Waals surface area contributed by atoms with E-state index in [9.17, 15) is 9.59 Å². The van der Waals surface area contributed by atoms with Gasteiger partial charge in [-0.1, -0.05) is 12.1 Å². The molecule has 3 rings (SSSR count). The normalized spacial score (nSPS) is 14.5. The van der Waals surface area contributed by atoms with E-state index in [0.29, 0.717) is 44.2 Å². The standard InChI is InChI=1S/C20H25N5O4/c1-21-19(22-14-15-5-7-16(8-6-15)23-20(27)28-2)25-11-9-24(10-12-25)18(26)17-4-3-13-29-17/h3-8,13H,9-12,14H2,1-2H3,(H,21,22)(H,23,27). The van der Waals surface area contributed by atoms with Crippen LogP contribution in [0.3, 0.4) is 0 Å². The monoisotopic (exact) mass is 399 g/mol. The van der Waals surface area contributed by atoms with Crippen LogP contribution >= 0.6 is 0 Å². The SMILES string of the molecule is CN=C(NCc1ccc(NC(=O)OC)cc1)N1CCN(C(=O)c2ccco2)CC1. The van der Waals surface area contributed by atoms with Crippen molar-refractivity contribution in [3.63, 3.8) is 0 Å². The number of amides is 2.